The van der Waals surface area contributed by atoms with Crippen LogP contribution in [0.5, 0.6) is 0 Å². The summed E-state index contributed by atoms with van der Waals surface area (Å²) in [6.45, 7) is 2.06. The highest BCUT2D eigenvalue weighted by Crippen LogP contribution is 2.28. The van der Waals surface area contributed by atoms with Gasteiger partial charge in [-0.05, 0) is 79.4 Å². The van der Waals surface area contributed by atoms with Crippen molar-refractivity contribution in [1.29, 1.82) is 0 Å². The number of benzene rings is 3. The topological polar surface area (TPSA) is 113 Å². The molecule has 1 amide bonds. The fourth-order valence-corrected chi connectivity index (χ4v) is 7.71. The SMILES string of the molecule is Cc1c(Cl)cccc1NS(=O)(=O)c1ccc(NC(=O)[C@@H]2CCCN(S(=O)(=O)Cc3ccc(Cl)cc3Cl)C2)cc1. The standard InChI is InChI=1S/C26H26Cl3N3O5S2/c1-17-23(28)5-2-6-25(17)31-39(36,37)22-11-9-21(10-12-22)30-26(33)18-4-3-13-32(15-18)38(34,35)16-19-7-8-20(27)14-24(19)29/h2,5-12,14,18,31H,3-4,13,15-16H2,1H3,(H,30,33)/t18-/m1/s1. The minimum Gasteiger partial charge on any atom is -0.326 e. The first-order valence-corrected chi connectivity index (χ1v) is 16.2. The molecule has 1 heterocycles. The Morgan fingerprint density at radius 2 is 1.69 bits per heavy atom. The number of nitrogens with zero attached hydrogens (tertiary/aromatic N) is 1. The van der Waals surface area contributed by atoms with E-state index in [2.05, 4.69) is 10.0 Å². The van der Waals surface area contributed by atoms with Crippen molar-refractivity contribution in [2.24, 2.45) is 5.92 Å². The van der Waals surface area contributed by atoms with Crippen LogP contribution in [-0.4, -0.2) is 40.1 Å². The van der Waals surface area contributed by atoms with Crippen molar-refractivity contribution >= 4 is 72.1 Å². The highest BCUT2D eigenvalue weighted by Gasteiger charge is 2.33. The summed E-state index contributed by atoms with van der Waals surface area (Å²) < 4.78 is 55.6. The number of halogens is 3. The quantitative estimate of drug-likeness (QED) is 0.320. The third kappa shape index (κ3) is 7.25. The maximum Gasteiger partial charge on any atom is 0.261 e. The fraction of sp³-hybridized carbons (Fsp3) is 0.269. The maximum atomic E-state index is 13.1. The Labute approximate surface area is 243 Å². The van der Waals surface area contributed by atoms with E-state index in [0.717, 1.165) is 0 Å². The predicted molar refractivity (Wildman–Crippen MR) is 155 cm³/mol. The molecule has 1 atom stereocenters. The van der Waals surface area contributed by atoms with Crippen molar-refractivity contribution in [3.63, 3.8) is 0 Å². The molecule has 0 spiro atoms. The first kappa shape index (κ1) is 29.6. The van der Waals surface area contributed by atoms with Crippen molar-refractivity contribution in [2.45, 2.75) is 30.4 Å². The Hall–Kier alpha value is -2.34. The first-order chi connectivity index (χ1) is 18.4. The van der Waals surface area contributed by atoms with Crippen LogP contribution in [0.3, 0.4) is 0 Å². The van der Waals surface area contributed by atoms with Crippen LogP contribution in [-0.2, 0) is 30.6 Å². The molecule has 8 nitrogen and oxygen atoms in total. The van der Waals surface area contributed by atoms with Gasteiger partial charge < -0.3 is 5.32 Å². The molecule has 0 radical (unpaired) electrons. The molecule has 0 aliphatic carbocycles. The van der Waals surface area contributed by atoms with Gasteiger partial charge in [0.2, 0.25) is 15.9 Å². The monoisotopic (exact) mass is 629 g/mol. The molecule has 0 aromatic heterocycles. The number of amides is 1. The lowest BCUT2D eigenvalue weighted by Gasteiger charge is -2.31. The van der Waals surface area contributed by atoms with Crippen LogP contribution in [0.2, 0.25) is 15.1 Å². The third-order valence-electron chi connectivity index (χ3n) is 6.45. The zero-order valence-corrected chi connectivity index (χ0v) is 24.7. The van der Waals surface area contributed by atoms with E-state index in [1.165, 1.54) is 34.6 Å². The Kier molecular flexibility index (Phi) is 9.15. The van der Waals surface area contributed by atoms with Crippen LogP contribution in [0.4, 0.5) is 11.4 Å². The largest absolute Gasteiger partial charge is 0.326 e. The predicted octanol–water partition coefficient (Wildman–Crippen LogP) is 5.94. The average molecular weight is 631 g/mol. The second kappa shape index (κ2) is 12.0. The average Bonchev–Trinajstić information content (AvgIpc) is 2.89. The van der Waals surface area contributed by atoms with Crippen molar-refractivity contribution in [3.8, 4) is 0 Å². The van der Waals surface area contributed by atoms with Crippen LogP contribution in [0, 0.1) is 12.8 Å². The van der Waals surface area contributed by atoms with Crippen LogP contribution in [0.25, 0.3) is 0 Å². The van der Waals surface area contributed by atoms with Gasteiger partial charge in [-0.25, -0.2) is 21.1 Å². The van der Waals surface area contributed by atoms with Crippen molar-refractivity contribution in [2.75, 3.05) is 23.1 Å². The van der Waals surface area contributed by atoms with Gasteiger partial charge in [0, 0.05) is 33.8 Å². The van der Waals surface area contributed by atoms with Gasteiger partial charge in [-0.1, -0.05) is 46.9 Å². The molecule has 1 aliphatic rings. The fourth-order valence-electron chi connectivity index (χ4n) is 4.22. The summed E-state index contributed by atoms with van der Waals surface area (Å²) in [6.07, 6.45) is 1.05. The van der Waals surface area contributed by atoms with E-state index >= 15 is 0 Å². The Morgan fingerprint density at radius 3 is 2.38 bits per heavy atom. The molecule has 3 aromatic carbocycles. The summed E-state index contributed by atoms with van der Waals surface area (Å²) >= 11 is 18.1. The Balaban J connectivity index is 1.40. The molecule has 0 unspecified atom stereocenters. The molecular formula is C26H26Cl3N3O5S2. The Bertz CT molecular complexity index is 1600. The van der Waals surface area contributed by atoms with Crippen LogP contribution in [0.1, 0.15) is 24.0 Å². The molecule has 13 heteroatoms. The molecule has 1 fully saturated rings. The molecule has 4 rings (SSSR count). The van der Waals surface area contributed by atoms with E-state index in [1.807, 2.05) is 0 Å². The number of nitrogens with one attached hydrogen (secondary N) is 2. The summed E-state index contributed by atoms with van der Waals surface area (Å²) in [5, 5.41) is 3.88. The van der Waals surface area contributed by atoms with Gasteiger partial charge in [-0.3, -0.25) is 9.52 Å². The molecule has 0 bridgehead atoms. The molecule has 3 aromatic rings. The van der Waals surface area contributed by atoms with Crippen LogP contribution in [0.15, 0.2) is 65.6 Å². The van der Waals surface area contributed by atoms with Gasteiger partial charge in [0.15, 0.2) is 0 Å². The third-order valence-corrected chi connectivity index (χ3v) is 10.6. The molecule has 0 saturated carbocycles. The lowest BCUT2D eigenvalue weighted by molar-refractivity contribution is -0.120. The summed E-state index contributed by atoms with van der Waals surface area (Å²) in [4.78, 5) is 13.0. The van der Waals surface area contributed by atoms with E-state index in [-0.39, 0.29) is 28.1 Å². The molecule has 1 saturated heterocycles. The minimum absolute atomic E-state index is 0.00988. The normalized spacial score (nSPS) is 16.6. The summed E-state index contributed by atoms with van der Waals surface area (Å²) in [7, 11) is -7.61. The van der Waals surface area contributed by atoms with E-state index in [4.69, 9.17) is 34.8 Å². The lowest BCUT2D eigenvalue weighted by atomic mass is 9.99. The summed E-state index contributed by atoms with van der Waals surface area (Å²) in [5.41, 5.74) is 1.80. The Morgan fingerprint density at radius 1 is 0.974 bits per heavy atom. The second-order valence-electron chi connectivity index (χ2n) is 9.22. The molecular weight excluding hydrogens is 605 g/mol. The molecule has 2 N–H and O–H groups in total. The van der Waals surface area contributed by atoms with Gasteiger partial charge in [-0.2, -0.15) is 0 Å². The number of hydrogen-bond acceptors (Lipinski definition) is 5. The lowest BCUT2D eigenvalue weighted by Crippen LogP contribution is -2.44. The number of rotatable bonds is 8. The second-order valence-corrected chi connectivity index (χ2v) is 14.1. The van der Waals surface area contributed by atoms with E-state index in [0.29, 0.717) is 51.9 Å². The van der Waals surface area contributed by atoms with E-state index < -0.39 is 26.0 Å². The van der Waals surface area contributed by atoms with Gasteiger partial charge in [-0.15, -0.1) is 0 Å². The van der Waals surface area contributed by atoms with Gasteiger partial charge in [0.05, 0.1) is 22.3 Å². The molecule has 39 heavy (non-hydrogen) atoms. The number of sulfonamides is 2. The van der Waals surface area contributed by atoms with Crippen molar-refractivity contribution in [3.05, 3.63) is 86.9 Å². The van der Waals surface area contributed by atoms with Crippen molar-refractivity contribution < 1.29 is 21.6 Å². The minimum atomic E-state index is -3.88. The van der Waals surface area contributed by atoms with Gasteiger partial charge in [0.25, 0.3) is 10.0 Å². The zero-order valence-electron chi connectivity index (χ0n) is 20.8. The van der Waals surface area contributed by atoms with E-state index in [9.17, 15) is 21.6 Å². The number of carbonyl (C=O) groups excluding carboxylic acids is 1. The number of hydrogen-bond donors (Lipinski definition) is 2. The van der Waals surface area contributed by atoms with Crippen LogP contribution < -0.4 is 10.0 Å². The van der Waals surface area contributed by atoms with Crippen molar-refractivity contribution in [1.82, 2.24) is 4.31 Å². The van der Waals surface area contributed by atoms with Gasteiger partial charge in [0.1, 0.15) is 0 Å². The van der Waals surface area contributed by atoms with Crippen LogP contribution >= 0.6 is 34.8 Å². The number of carbonyl (C=O) groups is 1. The number of anilines is 2. The summed E-state index contributed by atoms with van der Waals surface area (Å²) in [5.74, 6) is -1.21. The zero-order chi connectivity index (χ0) is 28.4. The van der Waals surface area contributed by atoms with Gasteiger partial charge >= 0.3 is 0 Å². The summed E-state index contributed by atoms with van der Waals surface area (Å²) in [6, 6.07) is 15.3. The highest BCUT2D eigenvalue weighted by atomic mass is 35.5. The maximum absolute atomic E-state index is 13.1. The first-order valence-electron chi connectivity index (χ1n) is 12.0. The van der Waals surface area contributed by atoms with E-state index in [1.54, 1.807) is 37.3 Å². The highest BCUT2D eigenvalue weighted by molar-refractivity contribution is 7.92. The number of piperidine rings is 1. The molecule has 1 aliphatic heterocycles. The molecule has 208 valence electrons. The smallest absolute Gasteiger partial charge is 0.261 e.